The molecule has 2 saturated heterocycles. The minimum atomic E-state index is -0.267. The van der Waals surface area contributed by atoms with E-state index in [-0.39, 0.29) is 17.3 Å². The highest BCUT2D eigenvalue weighted by Crippen LogP contribution is 2.41. The van der Waals surface area contributed by atoms with E-state index in [4.69, 9.17) is 14.7 Å². The number of fused-ring (bicyclic) bond motifs is 1. The highest BCUT2D eigenvalue weighted by Gasteiger charge is 2.49. The number of ether oxygens (including phenoxy) is 1. The molecule has 0 aliphatic carbocycles. The molecule has 6 heterocycles. The van der Waals surface area contributed by atoms with Crippen LogP contribution in [0.4, 0.5) is 16.0 Å². The Morgan fingerprint density at radius 1 is 1.03 bits per heavy atom. The number of halogens is 1. The lowest BCUT2D eigenvalue weighted by Crippen LogP contribution is -2.66. The van der Waals surface area contributed by atoms with Gasteiger partial charge in [-0.3, -0.25) is 0 Å². The summed E-state index contributed by atoms with van der Waals surface area (Å²) in [6.45, 7) is 6.12. The van der Waals surface area contributed by atoms with Crippen LogP contribution in [0.1, 0.15) is 24.2 Å². The van der Waals surface area contributed by atoms with Crippen LogP contribution in [-0.2, 0) is 11.2 Å². The Bertz CT molecular complexity index is 1130. The molecule has 3 aromatic heterocycles. The average Bonchev–Trinajstić information content (AvgIpc) is 2.72. The molecule has 31 heavy (non-hydrogen) atoms. The molecule has 0 radical (unpaired) electrons. The number of rotatable bonds is 3. The Morgan fingerprint density at radius 2 is 1.81 bits per heavy atom. The van der Waals surface area contributed by atoms with Crippen molar-refractivity contribution in [1.82, 2.24) is 24.9 Å². The molecule has 0 amide bonds. The average molecular weight is 419 g/mol. The number of pyridine rings is 1. The first-order valence-electron chi connectivity index (χ1n) is 10.5. The predicted octanol–water partition coefficient (Wildman–Crippen LogP) is 2.43. The lowest BCUT2D eigenvalue weighted by molar-refractivity contribution is -0.127. The van der Waals surface area contributed by atoms with Crippen LogP contribution in [-0.4, -0.2) is 57.8 Å². The third kappa shape index (κ3) is 3.11. The lowest BCUT2D eigenvalue weighted by Gasteiger charge is -2.55. The van der Waals surface area contributed by atoms with Gasteiger partial charge >= 0.3 is 0 Å². The van der Waals surface area contributed by atoms with E-state index in [0.29, 0.717) is 29.8 Å². The van der Waals surface area contributed by atoms with Crippen LogP contribution in [0, 0.1) is 11.2 Å². The monoisotopic (exact) mass is 419 g/mol. The number of anilines is 2. The summed E-state index contributed by atoms with van der Waals surface area (Å²) in [7, 11) is 0. The highest BCUT2D eigenvalue weighted by molar-refractivity contribution is 5.54. The van der Waals surface area contributed by atoms with E-state index in [1.165, 1.54) is 12.1 Å². The molecule has 3 aliphatic rings. The molecule has 2 fully saturated rings. The molecular formula is C22H22FN7O. The summed E-state index contributed by atoms with van der Waals surface area (Å²) >= 11 is 0. The lowest BCUT2D eigenvalue weighted by atomic mass is 9.78. The molecule has 3 aromatic rings. The van der Waals surface area contributed by atoms with Crippen molar-refractivity contribution in [2.24, 2.45) is 5.41 Å². The van der Waals surface area contributed by atoms with E-state index in [9.17, 15) is 4.39 Å². The Balaban J connectivity index is 1.26. The van der Waals surface area contributed by atoms with Gasteiger partial charge in [0.1, 0.15) is 17.5 Å². The smallest absolute Gasteiger partial charge is 0.197 e. The maximum atomic E-state index is 14.5. The number of nitrogens with zero attached hydrogens (tertiary/aromatic N) is 7. The van der Waals surface area contributed by atoms with Crippen LogP contribution >= 0.6 is 0 Å². The Labute approximate surface area is 179 Å². The molecule has 3 aliphatic heterocycles. The standard InChI is InChI=1S/C22H22FN7O/c1-14-16-9-26-21(20-24-4-2-5-25-20)27-17(16)3-6-30(14)19-8-15(23)7-18(28-19)29-10-22(11-29)12-31-13-22/h2,4-5,7-9,14H,3,6,10-13H2,1H3. The third-order valence-corrected chi connectivity index (χ3v) is 6.42. The van der Waals surface area contributed by atoms with Gasteiger partial charge in [0.2, 0.25) is 0 Å². The minimum Gasteiger partial charge on any atom is -0.380 e. The molecule has 8 nitrogen and oxygen atoms in total. The van der Waals surface area contributed by atoms with Crippen LogP contribution in [0.5, 0.6) is 0 Å². The third-order valence-electron chi connectivity index (χ3n) is 6.42. The van der Waals surface area contributed by atoms with Crippen molar-refractivity contribution >= 4 is 11.6 Å². The van der Waals surface area contributed by atoms with E-state index >= 15 is 0 Å². The van der Waals surface area contributed by atoms with E-state index in [0.717, 1.165) is 44.0 Å². The van der Waals surface area contributed by atoms with Gasteiger partial charge in [-0.15, -0.1) is 0 Å². The molecular weight excluding hydrogens is 397 g/mol. The summed E-state index contributed by atoms with van der Waals surface area (Å²) in [5, 5.41) is 0. The quantitative estimate of drug-likeness (QED) is 0.641. The topological polar surface area (TPSA) is 80.2 Å². The van der Waals surface area contributed by atoms with E-state index < -0.39 is 0 Å². The Kier molecular flexibility index (Phi) is 4.14. The molecule has 0 bridgehead atoms. The van der Waals surface area contributed by atoms with Gasteiger partial charge in [-0.2, -0.15) is 0 Å². The van der Waals surface area contributed by atoms with Crippen molar-refractivity contribution in [3.8, 4) is 11.6 Å². The second-order valence-electron chi connectivity index (χ2n) is 8.64. The first-order chi connectivity index (χ1) is 15.1. The first-order valence-corrected chi connectivity index (χ1v) is 10.5. The highest BCUT2D eigenvalue weighted by atomic mass is 19.1. The van der Waals surface area contributed by atoms with Gasteiger partial charge in [-0.25, -0.2) is 29.3 Å². The summed E-state index contributed by atoms with van der Waals surface area (Å²) in [5.41, 5.74) is 2.25. The van der Waals surface area contributed by atoms with Gasteiger partial charge in [-0.05, 0) is 13.0 Å². The first kappa shape index (κ1) is 18.6. The summed E-state index contributed by atoms with van der Waals surface area (Å²) < 4.78 is 19.8. The van der Waals surface area contributed by atoms with Gasteiger partial charge < -0.3 is 14.5 Å². The van der Waals surface area contributed by atoms with Gasteiger partial charge in [0.05, 0.1) is 30.4 Å². The maximum Gasteiger partial charge on any atom is 0.197 e. The fourth-order valence-corrected chi connectivity index (χ4v) is 4.68. The van der Waals surface area contributed by atoms with Crippen molar-refractivity contribution in [2.75, 3.05) is 42.6 Å². The van der Waals surface area contributed by atoms with E-state index in [1.54, 1.807) is 18.5 Å². The number of aromatic nitrogens is 5. The SMILES string of the molecule is CC1c2cnc(-c3ncccn3)nc2CCN1c1cc(F)cc(N2CC3(COC3)C2)n1. The van der Waals surface area contributed by atoms with Crippen LogP contribution in [0.25, 0.3) is 11.6 Å². The zero-order valence-electron chi connectivity index (χ0n) is 17.2. The largest absolute Gasteiger partial charge is 0.380 e. The molecule has 0 aromatic carbocycles. The van der Waals surface area contributed by atoms with Crippen LogP contribution in [0.2, 0.25) is 0 Å². The minimum absolute atomic E-state index is 0.0144. The normalized spacial score (nSPS) is 21.4. The van der Waals surface area contributed by atoms with Crippen LogP contribution in [0.3, 0.4) is 0 Å². The fraction of sp³-hybridized carbons (Fsp3) is 0.409. The molecule has 1 spiro atoms. The molecule has 9 heteroatoms. The van der Waals surface area contributed by atoms with Gasteiger partial charge in [0.15, 0.2) is 11.6 Å². The summed E-state index contributed by atoms with van der Waals surface area (Å²) in [5.74, 6) is 2.11. The molecule has 0 N–H and O–H groups in total. The van der Waals surface area contributed by atoms with Crippen molar-refractivity contribution < 1.29 is 9.13 Å². The van der Waals surface area contributed by atoms with E-state index in [1.807, 2.05) is 6.20 Å². The second kappa shape index (κ2) is 6.91. The zero-order valence-corrected chi connectivity index (χ0v) is 17.2. The fourth-order valence-electron chi connectivity index (χ4n) is 4.68. The molecule has 1 unspecified atom stereocenters. The molecule has 6 rings (SSSR count). The number of hydrogen-bond acceptors (Lipinski definition) is 8. The summed E-state index contributed by atoms with van der Waals surface area (Å²) in [6.07, 6.45) is 5.92. The summed E-state index contributed by atoms with van der Waals surface area (Å²) in [6, 6.07) is 4.79. The second-order valence-corrected chi connectivity index (χ2v) is 8.64. The van der Waals surface area contributed by atoms with Crippen molar-refractivity contribution in [3.63, 3.8) is 0 Å². The van der Waals surface area contributed by atoms with Crippen molar-refractivity contribution in [3.05, 3.63) is 53.9 Å². The number of hydrogen-bond donors (Lipinski definition) is 0. The molecule has 0 saturated carbocycles. The Hall–Kier alpha value is -3.20. The van der Waals surface area contributed by atoms with E-state index in [2.05, 4.69) is 31.7 Å². The zero-order chi connectivity index (χ0) is 21.0. The van der Waals surface area contributed by atoms with Gasteiger partial charge in [0.25, 0.3) is 0 Å². The van der Waals surface area contributed by atoms with Crippen LogP contribution < -0.4 is 9.80 Å². The van der Waals surface area contributed by atoms with Gasteiger partial charge in [0, 0.05) is 62.3 Å². The molecule has 1 atom stereocenters. The molecule has 158 valence electrons. The van der Waals surface area contributed by atoms with Crippen LogP contribution in [0.15, 0.2) is 36.8 Å². The van der Waals surface area contributed by atoms with Crippen molar-refractivity contribution in [2.45, 2.75) is 19.4 Å². The maximum absolute atomic E-state index is 14.5. The predicted molar refractivity (Wildman–Crippen MR) is 112 cm³/mol. The van der Waals surface area contributed by atoms with Gasteiger partial charge in [-0.1, -0.05) is 0 Å². The Morgan fingerprint density at radius 3 is 2.55 bits per heavy atom. The van der Waals surface area contributed by atoms with Crippen molar-refractivity contribution in [1.29, 1.82) is 0 Å². The summed E-state index contributed by atoms with van der Waals surface area (Å²) in [4.78, 5) is 26.7.